The highest BCUT2D eigenvalue weighted by Crippen LogP contribution is 2.68. The number of hydrogen-bond donors (Lipinski definition) is 0. The Bertz CT molecular complexity index is 5530. The Morgan fingerprint density at radius 3 is 1.30 bits per heavy atom. The van der Waals surface area contributed by atoms with E-state index in [-0.39, 0.29) is 27.1 Å². The second-order valence-electron chi connectivity index (χ2n) is 34.2. The standard InChI is InChI=1S/C96H93N3O/c1-90(2,3)60-36-38-64(39-37-60)96(66-47-55-80-75(57-66)74-56-65(94(13,14)15)46-54-79(74)99(80)71-52-44-63(45-53-71)93(10,11)12)77-59-82(98(68-30-22-19-23-31-68)70-50-42-62(43-51-70)92(7,8)9)88-85(72-32-24-26-34-76(72)95(88,16)17)86(77)87-78(96)58-81(84-73-33-25-27-35-83(73)100-89(84)87)97(67-28-20-18-21-29-67)69-48-40-61(41-49-69)91(4,5)6/h18-59H,1-17H3. The molecule has 0 saturated carbocycles. The van der Waals surface area contributed by atoms with Crippen LogP contribution in [0.25, 0.3) is 71.7 Å². The Morgan fingerprint density at radius 2 is 0.750 bits per heavy atom. The van der Waals surface area contributed by atoms with Gasteiger partial charge in [-0.2, -0.15) is 0 Å². The Balaban J connectivity index is 1.14. The molecule has 0 fully saturated rings. The number of aromatic nitrogens is 1. The van der Waals surface area contributed by atoms with Gasteiger partial charge in [-0.15, -0.1) is 0 Å². The molecule has 0 N–H and O–H groups in total. The van der Waals surface area contributed by atoms with Crippen molar-refractivity contribution in [3.63, 3.8) is 0 Å². The van der Waals surface area contributed by atoms with Crippen LogP contribution in [0.4, 0.5) is 34.1 Å². The summed E-state index contributed by atoms with van der Waals surface area (Å²) in [5.74, 6) is 0. The topological polar surface area (TPSA) is 24.6 Å². The molecule has 0 amide bonds. The molecule has 0 aliphatic heterocycles. The molecule has 0 saturated heterocycles. The van der Waals surface area contributed by atoms with Crippen molar-refractivity contribution in [3.8, 4) is 27.9 Å². The second kappa shape index (κ2) is 22.7. The number of anilines is 6. The van der Waals surface area contributed by atoms with Gasteiger partial charge in [0.1, 0.15) is 11.2 Å². The van der Waals surface area contributed by atoms with Gasteiger partial charge >= 0.3 is 0 Å². The van der Waals surface area contributed by atoms with E-state index in [1.54, 1.807) is 0 Å². The Kier molecular flexibility index (Phi) is 14.6. The maximum atomic E-state index is 7.88. The molecule has 1 unspecified atom stereocenters. The van der Waals surface area contributed by atoms with Crippen LogP contribution in [0.2, 0.25) is 0 Å². The van der Waals surface area contributed by atoms with E-state index in [1.807, 2.05) is 0 Å². The summed E-state index contributed by atoms with van der Waals surface area (Å²) < 4.78 is 10.4. The maximum absolute atomic E-state index is 7.88. The predicted octanol–water partition coefficient (Wildman–Crippen LogP) is 26.8. The van der Waals surface area contributed by atoms with Crippen LogP contribution in [-0.2, 0) is 37.9 Å². The molecule has 2 aliphatic rings. The maximum Gasteiger partial charge on any atom is 0.145 e. The number of fused-ring (bicyclic) bond motifs is 14. The van der Waals surface area contributed by atoms with Crippen LogP contribution < -0.4 is 9.80 Å². The van der Waals surface area contributed by atoms with Crippen molar-refractivity contribution in [3.05, 3.63) is 316 Å². The van der Waals surface area contributed by atoms with Gasteiger partial charge in [0, 0.05) is 55.6 Å². The molecule has 100 heavy (non-hydrogen) atoms. The molecule has 0 bridgehead atoms. The molecule has 498 valence electrons. The molecule has 2 aliphatic carbocycles. The van der Waals surface area contributed by atoms with E-state index in [4.69, 9.17) is 4.42 Å². The molecule has 1 atom stereocenters. The van der Waals surface area contributed by atoms with Crippen molar-refractivity contribution >= 4 is 77.9 Å². The molecule has 14 aromatic rings. The van der Waals surface area contributed by atoms with Crippen molar-refractivity contribution < 1.29 is 4.42 Å². The van der Waals surface area contributed by atoms with Gasteiger partial charge in [0.2, 0.25) is 0 Å². The van der Waals surface area contributed by atoms with Crippen molar-refractivity contribution in [1.82, 2.24) is 4.57 Å². The lowest BCUT2D eigenvalue weighted by molar-refractivity contribution is 0.589. The number of hydrogen-bond acceptors (Lipinski definition) is 3. The van der Waals surface area contributed by atoms with Crippen LogP contribution in [0.1, 0.15) is 179 Å². The number of para-hydroxylation sites is 3. The van der Waals surface area contributed by atoms with Crippen LogP contribution in [0.15, 0.2) is 259 Å². The van der Waals surface area contributed by atoms with Gasteiger partial charge in [-0.05, 0) is 208 Å². The third-order valence-electron chi connectivity index (χ3n) is 22.2. The van der Waals surface area contributed by atoms with E-state index in [2.05, 4.69) is 387 Å². The molecular formula is C96H93N3O. The fourth-order valence-electron chi connectivity index (χ4n) is 16.8. The molecule has 12 aromatic carbocycles. The van der Waals surface area contributed by atoms with E-state index in [9.17, 15) is 0 Å². The summed E-state index contributed by atoms with van der Waals surface area (Å²) in [5, 5.41) is 4.56. The Labute approximate surface area is 592 Å². The van der Waals surface area contributed by atoms with Crippen molar-refractivity contribution in [2.45, 2.75) is 156 Å². The highest BCUT2D eigenvalue weighted by Gasteiger charge is 2.54. The lowest BCUT2D eigenvalue weighted by Crippen LogP contribution is -2.30. The van der Waals surface area contributed by atoms with E-state index < -0.39 is 10.8 Å². The van der Waals surface area contributed by atoms with Crippen molar-refractivity contribution in [1.29, 1.82) is 0 Å². The van der Waals surface area contributed by atoms with Gasteiger partial charge in [0.15, 0.2) is 0 Å². The first-order chi connectivity index (χ1) is 47.5. The zero-order chi connectivity index (χ0) is 70.0. The van der Waals surface area contributed by atoms with Gasteiger partial charge in [-0.3, -0.25) is 0 Å². The van der Waals surface area contributed by atoms with Gasteiger partial charge < -0.3 is 18.8 Å². The SMILES string of the molecule is CC(C)(C)c1ccc(N(c2ccccc2)c2cc3c(c4c2C(C)(C)c2ccccc2-4)-c2c(cc(N(c4ccccc4)c4ccc(C(C)(C)C)cc4)c4c2oc2ccccc24)C3(c2ccc(C(C)(C)C)cc2)c2ccc3c(c2)c2cc(C(C)(C)C)ccc2n3-c2ccc(C(C)(C)C)cc2)cc1. The molecule has 0 spiro atoms. The monoisotopic (exact) mass is 1300 g/mol. The van der Waals surface area contributed by atoms with Gasteiger partial charge in [0.25, 0.3) is 0 Å². The van der Waals surface area contributed by atoms with Crippen LogP contribution in [0.3, 0.4) is 0 Å². The third-order valence-corrected chi connectivity index (χ3v) is 22.2. The van der Waals surface area contributed by atoms with Crippen LogP contribution >= 0.6 is 0 Å². The van der Waals surface area contributed by atoms with Gasteiger partial charge in [-0.1, -0.05) is 269 Å². The zero-order valence-electron chi connectivity index (χ0n) is 61.5. The first kappa shape index (κ1) is 64.5. The average Bonchev–Trinajstić information content (AvgIpc) is 1.49. The van der Waals surface area contributed by atoms with Crippen molar-refractivity contribution in [2.24, 2.45) is 0 Å². The zero-order valence-corrected chi connectivity index (χ0v) is 61.5. The summed E-state index contributed by atoms with van der Waals surface area (Å²) in [6.07, 6.45) is 0. The van der Waals surface area contributed by atoms with Gasteiger partial charge in [0.05, 0.1) is 33.2 Å². The summed E-state index contributed by atoms with van der Waals surface area (Å²) in [4.78, 5) is 5.09. The first-order valence-corrected chi connectivity index (χ1v) is 36.1. The third kappa shape index (κ3) is 10.1. The minimum absolute atomic E-state index is 0.00121. The predicted molar refractivity (Wildman–Crippen MR) is 426 cm³/mol. The summed E-state index contributed by atoms with van der Waals surface area (Å²) >= 11 is 0. The van der Waals surface area contributed by atoms with Gasteiger partial charge in [-0.25, -0.2) is 0 Å². The van der Waals surface area contributed by atoms with E-state index >= 15 is 0 Å². The molecule has 2 heterocycles. The number of rotatable bonds is 9. The van der Waals surface area contributed by atoms with Crippen LogP contribution in [-0.4, -0.2) is 4.57 Å². The smallest absolute Gasteiger partial charge is 0.145 e. The van der Waals surface area contributed by atoms with E-state index in [0.717, 1.165) is 72.8 Å². The summed E-state index contributed by atoms with van der Waals surface area (Å²) in [6.45, 7) is 39.7. The van der Waals surface area contributed by atoms with Crippen molar-refractivity contribution in [2.75, 3.05) is 9.80 Å². The molecule has 0 radical (unpaired) electrons. The summed E-state index contributed by atoms with van der Waals surface area (Å²) in [5.41, 5.74) is 28.4. The molecule has 2 aromatic heterocycles. The van der Waals surface area contributed by atoms with Crippen LogP contribution in [0, 0.1) is 0 Å². The molecule has 4 nitrogen and oxygen atoms in total. The quantitative estimate of drug-likeness (QED) is 0.144. The highest BCUT2D eigenvalue weighted by molar-refractivity contribution is 6.21. The fourth-order valence-corrected chi connectivity index (χ4v) is 16.8. The summed E-state index contributed by atoms with van der Waals surface area (Å²) in [7, 11) is 0. The Hall–Kier alpha value is -10.2. The Morgan fingerprint density at radius 1 is 0.330 bits per heavy atom. The lowest BCUT2D eigenvalue weighted by atomic mass is 9.66. The van der Waals surface area contributed by atoms with E-state index in [1.165, 1.54) is 94.2 Å². The highest BCUT2D eigenvalue weighted by atomic mass is 16.3. The number of furan rings is 1. The second-order valence-corrected chi connectivity index (χ2v) is 34.2. The molecule has 16 rings (SSSR count). The van der Waals surface area contributed by atoms with Crippen LogP contribution in [0.5, 0.6) is 0 Å². The molecular weight excluding hydrogens is 1210 g/mol. The number of nitrogens with zero attached hydrogens (tertiary/aromatic N) is 3. The average molecular weight is 1300 g/mol. The largest absolute Gasteiger partial charge is 0.455 e. The lowest BCUT2D eigenvalue weighted by Gasteiger charge is -2.38. The normalized spacial score (nSPS) is 15.2. The first-order valence-electron chi connectivity index (χ1n) is 36.1. The minimum Gasteiger partial charge on any atom is -0.455 e. The number of benzene rings is 12. The fraction of sp³-hybridized carbons (Fsp3) is 0.250. The molecule has 4 heteroatoms. The summed E-state index contributed by atoms with van der Waals surface area (Å²) in [6, 6.07) is 98.1. The van der Waals surface area contributed by atoms with E-state index in [0.29, 0.717) is 0 Å². The minimum atomic E-state index is -1.02.